The third-order valence-electron chi connectivity index (χ3n) is 6.41. The SMILES string of the molecule is CCN(CCCCN(C)C1CCC(O)CC1)C(=O)CNC(=O)c1cccc(C(F)(F)F)c1.c1cscn1. The Hall–Kier alpha value is -2.50. The van der Waals surface area contributed by atoms with Gasteiger partial charge in [0.2, 0.25) is 5.91 Å². The number of unbranched alkanes of at least 4 members (excludes halogenated alkanes) is 1. The summed E-state index contributed by atoms with van der Waals surface area (Å²) in [4.78, 5) is 32.3. The standard InChI is InChI=1S/C23H34F3N3O3.C3H3NS/c1-3-29(14-5-4-13-28(2)19-9-11-20(30)12-10-19)21(31)16-27-22(32)17-7-6-8-18(15-17)23(24,25)26;1-2-5-3-4-1/h6-8,15,19-20,30H,3-5,9-14,16H2,1-2H3,(H,27,32);1-3H. The monoisotopic (exact) mass is 542 g/mol. The molecule has 2 N–H and O–H groups in total. The van der Waals surface area contributed by atoms with Crippen LogP contribution >= 0.6 is 11.3 Å². The van der Waals surface area contributed by atoms with Crippen molar-refractivity contribution < 1.29 is 27.9 Å². The second-order valence-corrected chi connectivity index (χ2v) is 9.82. The maximum Gasteiger partial charge on any atom is 0.416 e. The van der Waals surface area contributed by atoms with Gasteiger partial charge in [-0.25, -0.2) is 0 Å². The van der Waals surface area contributed by atoms with Crippen LogP contribution in [0.5, 0.6) is 0 Å². The highest BCUT2D eigenvalue weighted by atomic mass is 32.1. The van der Waals surface area contributed by atoms with Gasteiger partial charge in [0.05, 0.1) is 23.7 Å². The highest BCUT2D eigenvalue weighted by Crippen LogP contribution is 2.29. The molecule has 1 aliphatic rings. The number of likely N-dealkylation sites (N-methyl/N-ethyl adjacent to an activating group) is 1. The van der Waals surface area contributed by atoms with Crippen molar-refractivity contribution in [1.82, 2.24) is 20.1 Å². The van der Waals surface area contributed by atoms with E-state index < -0.39 is 17.6 Å². The second-order valence-electron chi connectivity index (χ2n) is 9.06. The second kappa shape index (κ2) is 15.7. The van der Waals surface area contributed by atoms with Gasteiger partial charge in [-0.15, -0.1) is 11.3 Å². The topological polar surface area (TPSA) is 85.8 Å². The molecule has 1 aromatic heterocycles. The summed E-state index contributed by atoms with van der Waals surface area (Å²) >= 11 is 1.60. The molecule has 3 rings (SSSR count). The molecule has 1 aliphatic carbocycles. The van der Waals surface area contributed by atoms with E-state index in [1.807, 2.05) is 12.3 Å². The number of amides is 2. The van der Waals surface area contributed by atoms with Gasteiger partial charge in [-0.1, -0.05) is 6.07 Å². The van der Waals surface area contributed by atoms with Gasteiger partial charge >= 0.3 is 6.18 Å². The number of rotatable bonds is 10. The number of carbonyl (C=O) groups excluding carboxylic acids is 2. The summed E-state index contributed by atoms with van der Waals surface area (Å²) < 4.78 is 38.4. The first-order chi connectivity index (χ1) is 17.6. The predicted molar refractivity (Wildman–Crippen MR) is 138 cm³/mol. The Labute approximate surface area is 220 Å². The van der Waals surface area contributed by atoms with Crippen LogP contribution in [0.2, 0.25) is 0 Å². The summed E-state index contributed by atoms with van der Waals surface area (Å²) in [6.07, 6.45) is 2.52. The zero-order valence-corrected chi connectivity index (χ0v) is 22.2. The van der Waals surface area contributed by atoms with Crippen molar-refractivity contribution in [3.05, 3.63) is 52.5 Å². The molecule has 0 radical (unpaired) electrons. The molecular weight excluding hydrogens is 505 g/mol. The molecule has 0 atom stereocenters. The molecule has 37 heavy (non-hydrogen) atoms. The molecule has 1 saturated carbocycles. The molecule has 0 aliphatic heterocycles. The summed E-state index contributed by atoms with van der Waals surface area (Å²) in [6.45, 7) is 3.57. The number of aliphatic hydroxyl groups excluding tert-OH is 1. The van der Waals surface area contributed by atoms with E-state index in [1.54, 1.807) is 27.9 Å². The molecule has 1 heterocycles. The fraction of sp³-hybridized carbons (Fsp3) is 0.577. The van der Waals surface area contributed by atoms with Crippen LogP contribution in [0, 0.1) is 0 Å². The van der Waals surface area contributed by atoms with Crippen LogP contribution in [-0.4, -0.2) is 77.1 Å². The summed E-state index contributed by atoms with van der Waals surface area (Å²) in [5.41, 5.74) is 0.759. The number of hydrogen-bond acceptors (Lipinski definition) is 6. The molecule has 2 aromatic rings. The van der Waals surface area contributed by atoms with E-state index >= 15 is 0 Å². The molecule has 0 bridgehead atoms. The normalized spacial score (nSPS) is 17.6. The average Bonchev–Trinajstić information content (AvgIpc) is 3.47. The molecule has 0 unspecified atom stereocenters. The Kier molecular flexibility index (Phi) is 13.0. The first-order valence-electron chi connectivity index (χ1n) is 12.6. The summed E-state index contributed by atoms with van der Waals surface area (Å²) in [5, 5.41) is 14.0. The van der Waals surface area contributed by atoms with Crippen LogP contribution in [0.1, 0.15) is 61.4 Å². The van der Waals surface area contributed by atoms with Crippen LogP contribution in [0.4, 0.5) is 13.2 Å². The van der Waals surface area contributed by atoms with E-state index in [2.05, 4.69) is 22.2 Å². The average molecular weight is 543 g/mol. The van der Waals surface area contributed by atoms with Crippen LogP contribution in [-0.2, 0) is 11.0 Å². The zero-order valence-electron chi connectivity index (χ0n) is 21.4. The lowest BCUT2D eigenvalue weighted by atomic mass is 9.92. The molecule has 2 amide bonds. The Bertz CT molecular complexity index is 918. The minimum absolute atomic E-state index is 0.131. The number of hydrogen-bond donors (Lipinski definition) is 2. The Morgan fingerprint density at radius 3 is 2.43 bits per heavy atom. The van der Waals surface area contributed by atoms with E-state index in [-0.39, 0.29) is 24.1 Å². The largest absolute Gasteiger partial charge is 0.416 e. The van der Waals surface area contributed by atoms with Crippen molar-refractivity contribution in [2.45, 2.75) is 63.8 Å². The van der Waals surface area contributed by atoms with Crippen molar-refractivity contribution in [1.29, 1.82) is 0 Å². The zero-order chi connectivity index (χ0) is 27.3. The molecular formula is C26H37F3N4O3S. The van der Waals surface area contributed by atoms with Crippen LogP contribution < -0.4 is 5.32 Å². The van der Waals surface area contributed by atoms with E-state index in [9.17, 15) is 27.9 Å². The number of aliphatic hydroxyl groups is 1. The number of carbonyl (C=O) groups is 2. The lowest BCUT2D eigenvalue weighted by Gasteiger charge is -2.33. The van der Waals surface area contributed by atoms with Crippen molar-refractivity contribution in [3.63, 3.8) is 0 Å². The van der Waals surface area contributed by atoms with Gasteiger partial charge in [-0.3, -0.25) is 14.6 Å². The van der Waals surface area contributed by atoms with E-state index in [4.69, 9.17) is 0 Å². The first-order valence-corrected chi connectivity index (χ1v) is 13.5. The van der Waals surface area contributed by atoms with Gasteiger partial charge in [-0.2, -0.15) is 13.2 Å². The third kappa shape index (κ3) is 11.2. The van der Waals surface area contributed by atoms with Crippen LogP contribution in [0.3, 0.4) is 0 Å². The highest BCUT2D eigenvalue weighted by Gasteiger charge is 2.31. The van der Waals surface area contributed by atoms with Gasteiger partial charge in [0.15, 0.2) is 0 Å². The summed E-state index contributed by atoms with van der Waals surface area (Å²) in [7, 11) is 2.09. The third-order valence-corrected chi connectivity index (χ3v) is 6.93. The predicted octanol–water partition coefficient (Wildman–Crippen LogP) is 4.44. The highest BCUT2D eigenvalue weighted by molar-refractivity contribution is 7.07. The quantitative estimate of drug-likeness (QED) is 0.434. The van der Waals surface area contributed by atoms with E-state index in [1.165, 1.54) is 12.1 Å². The van der Waals surface area contributed by atoms with Crippen LogP contribution in [0.15, 0.2) is 41.4 Å². The number of thiazole rings is 1. The van der Waals surface area contributed by atoms with Crippen molar-refractivity contribution in [3.8, 4) is 0 Å². The minimum atomic E-state index is -4.53. The molecule has 0 saturated heterocycles. The van der Waals surface area contributed by atoms with E-state index in [0.717, 1.165) is 57.2 Å². The molecule has 1 aromatic carbocycles. The molecule has 0 spiro atoms. The minimum Gasteiger partial charge on any atom is -0.393 e. The number of benzene rings is 1. The Morgan fingerprint density at radius 1 is 1.16 bits per heavy atom. The lowest BCUT2D eigenvalue weighted by Crippen LogP contribution is -2.41. The van der Waals surface area contributed by atoms with Gasteiger partial charge < -0.3 is 20.2 Å². The molecule has 7 nitrogen and oxygen atoms in total. The fourth-order valence-corrected chi connectivity index (χ4v) is 4.54. The Balaban J connectivity index is 0.000000856. The fourth-order valence-electron chi connectivity index (χ4n) is 4.19. The van der Waals surface area contributed by atoms with Gasteiger partial charge in [0.1, 0.15) is 0 Å². The van der Waals surface area contributed by atoms with Crippen molar-refractivity contribution >= 4 is 23.2 Å². The van der Waals surface area contributed by atoms with Crippen molar-refractivity contribution in [2.24, 2.45) is 0 Å². The number of alkyl halides is 3. The number of nitrogens with one attached hydrogen (secondary N) is 1. The smallest absolute Gasteiger partial charge is 0.393 e. The van der Waals surface area contributed by atoms with Gasteiger partial charge in [0, 0.05) is 36.3 Å². The van der Waals surface area contributed by atoms with Gasteiger partial charge in [0.25, 0.3) is 5.91 Å². The molecule has 1 fully saturated rings. The molecule has 206 valence electrons. The summed E-state index contributed by atoms with van der Waals surface area (Å²) in [5.74, 6) is -0.970. The number of nitrogens with zero attached hydrogens (tertiary/aromatic N) is 3. The Morgan fingerprint density at radius 2 is 1.86 bits per heavy atom. The van der Waals surface area contributed by atoms with Gasteiger partial charge in [-0.05, 0) is 77.2 Å². The van der Waals surface area contributed by atoms with Crippen molar-refractivity contribution in [2.75, 3.05) is 33.2 Å². The van der Waals surface area contributed by atoms with Crippen LogP contribution in [0.25, 0.3) is 0 Å². The maximum absolute atomic E-state index is 12.8. The number of aromatic nitrogens is 1. The molecule has 11 heteroatoms. The maximum atomic E-state index is 12.8. The number of halogens is 3. The summed E-state index contributed by atoms with van der Waals surface area (Å²) in [6, 6.07) is 4.63. The van der Waals surface area contributed by atoms with E-state index in [0.29, 0.717) is 19.1 Å². The first kappa shape index (κ1) is 30.7. The lowest BCUT2D eigenvalue weighted by molar-refractivity contribution is -0.137.